The summed E-state index contributed by atoms with van der Waals surface area (Å²) in [6.45, 7) is 0.601. The van der Waals surface area contributed by atoms with Gasteiger partial charge in [0.05, 0.1) is 11.4 Å². The van der Waals surface area contributed by atoms with Crippen LogP contribution in [0.1, 0.15) is 51.7 Å². The van der Waals surface area contributed by atoms with Gasteiger partial charge in [-0.2, -0.15) is 0 Å². The molecule has 0 spiro atoms. The van der Waals surface area contributed by atoms with Crippen LogP contribution in [-0.4, -0.2) is 19.9 Å². The van der Waals surface area contributed by atoms with Gasteiger partial charge in [0.1, 0.15) is 11.0 Å². The molecule has 7 rings (SSSR count). The van der Waals surface area contributed by atoms with Crippen LogP contribution < -0.4 is 5.32 Å². The molecule has 0 aliphatic heterocycles. The molecule has 2 unspecified atom stereocenters. The number of nitrogens with zero attached hydrogens (tertiary/aromatic N) is 4. The van der Waals surface area contributed by atoms with Gasteiger partial charge in [0, 0.05) is 36.3 Å². The highest BCUT2D eigenvalue weighted by atomic mass is 35.5. The SMILES string of the molecule is Clc1cc(C2C(c3ccccc3)C(c3cc(NCc4cccc5ccccc45)nc(Cl)n3)C2c2ccccc2)nc(Cl)n1. The maximum absolute atomic E-state index is 6.62. The number of anilines is 1. The molecule has 212 valence electrons. The predicted molar refractivity (Wildman–Crippen MR) is 174 cm³/mol. The Kier molecular flexibility index (Phi) is 7.70. The summed E-state index contributed by atoms with van der Waals surface area (Å²) < 4.78 is 0. The molecule has 2 atom stereocenters. The fraction of sp³-hybridized carbons (Fsp3) is 0.143. The highest BCUT2D eigenvalue weighted by Gasteiger charge is 2.54. The first-order valence-electron chi connectivity index (χ1n) is 14.1. The summed E-state index contributed by atoms with van der Waals surface area (Å²) in [5.41, 5.74) is 5.20. The quantitative estimate of drug-likeness (QED) is 0.142. The molecule has 0 bridgehead atoms. The van der Waals surface area contributed by atoms with Gasteiger partial charge in [-0.1, -0.05) is 115 Å². The first-order chi connectivity index (χ1) is 21.0. The standard InChI is InChI=1S/C35H26Cl3N5/c36-28-18-26(40-34(37)42-28)32-30(22-11-3-1-4-12-22)33(31(32)23-13-5-2-6-14-23)27-19-29(43-35(38)41-27)39-20-24-16-9-15-21-10-7-8-17-25(21)24/h1-19,30-33H,20H2,(H,39,41,43). The average molecular weight is 623 g/mol. The molecule has 1 N–H and O–H groups in total. The Balaban J connectivity index is 1.31. The molecular formula is C35H26Cl3N5. The number of halogens is 3. The van der Waals surface area contributed by atoms with Gasteiger partial charge in [-0.15, -0.1) is 0 Å². The van der Waals surface area contributed by atoms with E-state index in [2.05, 4.69) is 111 Å². The first-order valence-corrected chi connectivity index (χ1v) is 15.2. The minimum atomic E-state index is -0.0198. The molecule has 43 heavy (non-hydrogen) atoms. The van der Waals surface area contributed by atoms with E-state index in [0.29, 0.717) is 17.5 Å². The zero-order chi connectivity index (χ0) is 29.3. The van der Waals surface area contributed by atoms with Crippen molar-refractivity contribution in [1.82, 2.24) is 19.9 Å². The fourth-order valence-electron chi connectivity index (χ4n) is 6.57. The smallest absolute Gasteiger partial charge is 0.224 e. The van der Waals surface area contributed by atoms with Crippen LogP contribution in [-0.2, 0) is 6.54 Å². The maximum Gasteiger partial charge on any atom is 0.224 e. The number of hydrogen-bond acceptors (Lipinski definition) is 5. The summed E-state index contributed by atoms with van der Waals surface area (Å²) in [6.07, 6.45) is 0. The molecule has 0 radical (unpaired) electrons. The second-order valence-electron chi connectivity index (χ2n) is 10.7. The van der Waals surface area contributed by atoms with Crippen molar-refractivity contribution >= 4 is 51.4 Å². The van der Waals surface area contributed by atoms with Crippen molar-refractivity contribution in [1.29, 1.82) is 0 Å². The van der Waals surface area contributed by atoms with Crippen LogP contribution in [0, 0.1) is 0 Å². The van der Waals surface area contributed by atoms with Crippen molar-refractivity contribution in [3.8, 4) is 0 Å². The van der Waals surface area contributed by atoms with Crippen molar-refractivity contribution in [3.05, 3.63) is 159 Å². The zero-order valence-electron chi connectivity index (χ0n) is 22.9. The molecule has 1 aliphatic rings. The second-order valence-corrected chi connectivity index (χ2v) is 11.8. The van der Waals surface area contributed by atoms with E-state index in [4.69, 9.17) is 39.8 Å². The lowest BCUT2D eigenvalue weighted by Crippen LogP contribution is -2.41. The van der Waals surface area contributed by atoms with Crippen molar-refractivity contribution < 1.29 is 0 Å². The van der Waals surface area contributed by atoms with Gasteiger partial charge < -0.3 is 5.32 Å². The lowest BCUT2D eigenvalue weighted by atomic mass is 9.50. The van der Waals surface area contributed by atoms with Crippen molar-refractivity contribution in [2.24, 2.45) is 0 Å². The molecular weight excluding hydrogens is 597 g/mol. The third kappa shape index (κ3) is 5.56. The van der Waals surface area contributed by atoms with Crippen LogP contribution >= 0.6 is 34.8 Å². The highest BCUT2D eigenvalue weighted by Crippen LogP contribution is 2.66. The van der Waals surface area contributed by atoms with Gasteiger partial charge in [0.25, 0.3) is 0 Å². The second kappa shape index (κ2) is 11.9. The molecule has 2 aromatic heterocycles. The molecule has 0 saturated heterocycles. The Labute approximate surface area is 264 Å². The van der Waals surface area contributed by atoms with E-state index in [1.54, 1.807) is 0 Å². The lowest BCUT2D eigenvalue weighted by Gasteiger charge is -2.52. The first kappa shape index (κ1) is 27.8. The number of hydrogen-bond donors (Lipinski definition) is 1. The fourth-order valence-corrected chi connectivity index (χ4v) is 7.18. The van der Waals surface area contributed by atoms with Gasteiger partial charge >= 0.3 is 0 Å². The Morgan fingerprint density at radius 1 is 0.535 bits per heavy atom. The number of nitrogens with one attached hydrogen (secondary N) is 1. The molecule has 4 aromatic carbocycles. The third-order valence-corrected chi connectivity index (χ3v) is 8.88. The Bertz CT molecular complexity index is 1830. The number of aromatic nitrogens is 4. The van der Waals surface area contributed by atoms with E-state index < -0.39 is 0 Å². The van der Waals surface area contributed by atoms with E-state index in [0.717, 1.165) is 11.4 Å². The lowest BCUT2D eigenvalue weighted by molar-refractivity contribution is 0.220. The van der Waals surface area contributed by atoms with Gasteiger partial charge in [-0.05, 0) is 56.7 Å². The van der Waals surface area contributed by atoms with Gasteiger partial charge in [0.2, 0.25) is 10.6 Å². The van der Waals surface area contributed by atoms with Gasteiger partial charge in [-0.25, -0.2) is 19.9 Å². The Morgan fingerprint density at radius 3 is 1.74 bits per heavy atom. The zero-order valence-corrected chi connectivity index (χ0v) is 25.2. The number of fused-ring (bicyclic) bond motifs is 1. The molecule has 1 aliphatic carbocycles. The molecule has 1 saturated carbocycles. The summed E-state index contributed by atoms with van der Waals surface area (Å²) in [5, 5.41) is 6.57. The van der Waals surface area contributed by atoms with Crippen molar-refractivity contribution in [3.63, 3.8) is 0 Å². The summed E-state index contributed by atoms with van der Waals surface area (Å²) >= 11 is 19.3. The Morgan fingerprint density at radius 2 is 1.09 bits per heavy atom. The molecule has 2 heterocycles. The van der Waals surface area contributed by atoms with E-state index in [9.17, 15) is 0 Å². The minimum Gasteiger partial charge on any atom is -0.366 e. The van der Waals surface area contributed by atoms with E-state index >= 15 is 0 Å². The monoisotopic (exact) mass is 621 g/mol. The maximum atomic E-state index is 6.62. The summed E-state index contributed by atoms with van der Waals surface area (Å²) in [4.78, 5) is 18.1. The van der Waals surface area contributed by atoms with Gasteiger partial charge in [-0.3, -0.25) is 0 Å². The molecule has 6 aromatic rings. The van der Waals surface area contributed by atoms with Crippen molar-refractivity contribution in [2.75, 3.05) is 5.32 Å². The van der Waals surface area contributed by atoms with Gasteiger partial charge in [0.15, 0.2) is 0 Å². The van der Waals surface area contributed by atoms with E-state index in [-0.39, 0.29) is 34.2 Å². The van der Waals surface area contributed by atoms with Crippen LogP contribution in [0.25, 0.3) is 10.8 Å². The number of rotatable bonds is 7. The van der Waals surface area contributed by atoms with Crippen LogP contribution in [0.15, 0.2) is 115 Å². The van der Waals surface area contributed by atoms with Crippen molar-refractivity contribution in [2.45, 2.75) is 30.2 Å². The Hall–Kier alpha value is -4.03. The summed E-state index contributed by atoms with van der Waals surface area (Å²) in [5.74, 6) is 0.711. The molecule has 5 nitrogen and oxygen atoms in total. The van der Waals surface area contributed by atoms with E-state index in [1.165, 1.54) is 27.5 Å². The summed E-state index contributed by atoms with van der Waals surface area (Å²) in [7, 11) is 0. The van der Waals surface area contributed by atoms with Crippen LogP contribution in [0.4, 0.5) is 5.82 Å². The van der Waals surface area contributed by atoms with Crippen LogP contribution in [0.3, 0.4) is 0 Å². The molecule has 1 fully saturated rings. The largest absolute Gasteiger partial charge is 0.366 e. The topological polar surface area (TPSA) is 63.6 Å². The molecule has 8 heteroatoms. The van der Waals surface area contributed by atoms with Crippen LogP contribution in [0.5, 0.6) is 0 Å². The average Bonchev–Trinajstić information content (AvgIpc) is 3.00. The molecule has 0 amide bonds. The minimum absolute atomic E-state index is 0.0130. The number of benzene rings is 4. The van der Waals surface area contributed by atoms with E-state index in [1.807, 2.05) is 24.3 Å². The third-order valence-electron chi connectivity index (χ3n) is 8.35. The summed E-state index contributed by atoms with van der Waals surface area (Å²) in [6, 6.07) is 39.4. The normalized spacial score (nSPS) is 19.6. The predicted octanol–water partition coefficient (Wildman–Crippen LogP) is 9.44. The van der Waals surface area contributed by atoms with Crippen LogP contribution in [0.2, 0.25) is 15.7 Å². The highest BCUT2D eigenvalue weighted by molar-refractivity contribution is 6.31.